The first-order valence-corrected chi connectivity index (χ1v) is 7.36. The molecule has 0 unspecified atom stereocenters. The summed E-state index contributed by atoms with van der Waals surface area (Å²) in [6.07, 6.45) is 0.751. The van der Waals surface area contributed by atoms with Gasteiger partial charge in [0.25, 0.3) is 0 Å². The van der Waals surface area contributed by atoms with Crippen molar-refractivity contribution in [2.45, 2.75) is 13.1 Å². The molecule has 1 aromatic carbocycles. The minimum Gasteiger partial charge on any atom is -0.457 e. The maximum Gasteiger partial charge on any atom is 0.185 e. The van der Waals surface area contributed by atoms with Gasteiger partial charge in [-0.1, -0.05) is 30.3 Å². The average molecular weight is 284 g/mol. The molecule has 0 atom stereocenters. The number of hydrogen-bond donors (Lipinski definition) is 0. The lowest BCUT2D eigenvalue weighted by Gasteiger charge is -2.34. The summed E-state index contributed by atoms with van der Waals surface area (Å²) in [5, 5.41) is 0. The fourth-order valence-electron chi connectivity index (χ4n) is 2.71. The van der Waals surface area contributed by atoms with Crippen molar-refractivity contribution in [3.63, 3.8) is 0 Å². The highest BCUT2D eigenvalue weighted by molar-refractivity contribution is 5.70. The molecule has 1 saturated heterocycles. The van der Waals surface area contributed by atoms with Crippen molar-refractivity contribution in [2.24, 2.45) is 0 Å². The van der Waals surface area contributed by atoms with E-state index in [0.717, 1.165) is 51.3 Å². The largest absolute Gasteiger partial charge is 0.457 e. The van der Waals surface area contributed by atoms with Crippen LogP contribution in [0.2, 0.25) is 0 Å². The van der Waals surface area contributed by atoms with E-state index >= 15 is 0 Å². The predicted octanol–water partition coefficient (Wildman–Crippen LogP) is 2.41. The fourth-order valence-corrected chi connectivity index (χ4v) is 2.71. The number of furan rings is 1. The first kappa shape index (κ1) is 14.0. The zero-order chi connectivity index (χ0) is 14.5. The summed E-state index contributed by atoms with van der Waals surface area (Å²) in [4.78, 5) is 15.5. The van der Waals surface area contributed by atoms with Crippen molar-refractivity contribution >= 4 is 6.29 Å². The van der Waals surface area contributed by atoms with Crippen LogP contribution in [0, 0.1) is 0 Å². The number of aldehydes is 1. The molecule has 0 radical (unpaired) electrons. The van der Waals surface area contributed by atoms with Crippen LogP contribution in [-0.2, 0) is 13.1 Å². The first-order valence-electron chi connectivity index (χ1n) is 7.36. The normalized spacial score (nSPS) is 17.0. The topological polar surface area (TPSA) is 36.7 Å². The zero-order valence-corrected chi connectivity index (χ0v) is 12.1. The van der Waals surface area contributed by atoms with E-state index in [1.165, 1.54) is 5.56 Å². The Morgan fingerprint density at radius 2 is 1.57 bits per heavy atom. The Balaban J connectivity index is 1.47. The first-order chi connectivity index (χ1) is 10.3. The van der Waals surface area contributed by atoms with Gasteiger partial charge in [-0.05, 0) is 17.7 Å². The second-order valence-electron chi connectivity index (χ2n) is 5.46. The van der Waals surface area contributed by atoms with Gasteiger partial charge >= 0.3 is 0 Å². The predicted molar refractivity (Wildman–Crippen MR) is 81.1 cm³/mol. The lowest BCUT2D eigenvalue weighted by atomic mass is 10.2. The summed E-state index contributed by atoms with van der Waals surface area (Å²) in [7, 11) is 0. The van der Waals surface area contributed by atoms with E-state index < -0.39 is 0 Å². The van der Waals surface area contributed by atoms with E-state index in [9.17, 15) is 4.79 Å². The third-order valence-electron chi connectivity index (χ3n) is 3.89. The van der Waals surface area contributed by atoms with Gasteiger partial charge in [-0.25, -0.2) is 0 Å². The highest BCUT2D eigenvalue weighted by Crippen LogP contribution is 2.13. The SMILES string of the molecule is O=Cc1ccc(CN2CCN(Cc3ccccc3)CC2)o1. The molecule has 0 aliphatic carbocycles. The number of rotatable bonds is 5. The Bertz CT molecular complexity index is 571. The van der Waals surface area contributed by atoms with Crippen molar-refractivity contribution in [3.8, 4) is 0 Å². The summed E-state index contributed by atoms with van der Waals surface area (Å²) >= 11 is 0. The van der Waals surface area contributed by atoms with Gasteiger partial charge in [-0.15, -0.1) is 0 Å². The van der Waals surface area contributed by atoms with Crippen LogP contribution in [0.1, 0.15) is 21.9 Å². The molecular weight excluding hydrogens is 264 g/mol. The third-order valence-corrected chi connectivity index (χ3v) is 3.89. The van der Waals surface area contributed by atoms with Crippen LogP contribution in [0.25, 0.3) is 0 Å². The van der Waals surface area contributed by atoms with Gasteiger partial charge in [0.2, 0.25) is 0 Å². The van der Waals surface area contributed by atoms with Crippen LogP contribution in [0.15, 0.2) is 46.9 Å². The second-order valence-corrected chi connectivity index (χ2v) is 5.46. The molecule has 0 N–H and O–H groups in total. The molecule has 1 aliphatic rings. The van der Waals surface area contributed by atoms with E-state index in [2.05, 4.69) is 40.1 Å². The zero-order valence-electron chi connectivity index (χ0n) is 12.1. The highest BCUT2D eigenvalue weighted by Gasteiger charge is 2.18. The molecule has 110 valence electrons. The molecule has 0 amide bonds. The molecule has 0 saturated carbocycles. The van der Waals surface area contributed by atoms with E-state index in [0.29, 0.717) is 5.76 Å². The molecule has 1 fully saturated rings. The molecule has 2 heterocycles. The van der Waals surface area contributed by atoms with E-state index in [1.807, 2.05) is 6.07 Å². The molecular formula is C17H20N2O2. The Labute approximate surface area is 125 Å². The van der Waals surface area contributed by atoms with Crippen LogP contribution < -0.4 is 0 Å². The third kappa shape index (κ3) is 3.80. The maximum absolute atomic E-state index is 10.6. The van der Waals surface area contributed by atoms with E-state index in [-0.39, 0.29) is 0 Å². The number of nitrogens with zero attached hydrogens (tertiary/aromatic N) is 2. The molecule has 21 heavy (non-hydrogen) atoms. The Hall–Kier alpha value is -1.91. The summed E-state index contributed by atoms with van der Waals surface area (Å²) in [6, 6.07) is 14.2. The van der Waals surface area contributed by atoms with Crippen LogP contribution in [0.3, 0.4) is 0 Å². The lowest BCUT2D eigenvalue weighted by molar-refractivity contribution is 0.107. The average Bonchev–Trinajstić information content (AvgIpc) is 2.98. The molecule has 0 spiro atoms. The van der Waals surface area contributed by atoms with E-state index in [4.69, 9.17) is 4.42 Å². The van der Waals surface area contributed by atoms with Gasteiger partial charge in [0, 0.05) is 32.7 Å². The number of benzene rings is 1. The molecule has 1 aromatic heterocycles. The summed E-state index contributed by atoms with van der Waals surface area (Å²) in [5.74, 6) is 1.28. The van der Waals surface area contributed by atoms with Crippen molar-refractivity contribution < 1.29 is 9.21 Å². The fraction of sp³-hybridized carbons (Fsp3) is 0.353. The Morgan fingerprint density at radius 3 is 2.19 bits per heavy atom. The number of carbonyl (C=O) groups excluding carboxylic acids is 1. The minimum atomic E-state index is 0.410. The number of piperazine rings is 1. The lowest BCUT2D eigenvalue weighted by Crippen LogP contribution is -2.45. The monoisotopic (exact) mass is 284 g/mol. The Morgan fingerprint density at radius 1 is 0.905 bits per heavy atom. The van der Waals surface area contributed by atoms with Crippen molar-refractivity contribution in [1.29, 1.82) is 0 Å². The van der Waals surface area contributed by atoms with Gasteiger partial charge in [-0.2, -0.15) is 0 Å². The van der Waals surface area contributed by atoms with Gasteiger partial charge in [0.15, 0.2) is 12.0 Å². The molecule has 2 aromatic rings. The molecule has 0 bridgehead atoms. The summed E-state index contributed by atoms with van der Waals surface area (Å²) in [5.41, 5.74) is 1.37. The highest BCUT2D eigenvalue weighted by atomic mass is 16.3. The second kappa shape index (κ2) is 6.70. The quantitative estimate of drug-likeness (QED) is 0.790. The van der Waals surface area contributed by atoms with Gasteiger partial charge in [-0.3, -0.25) is 14.6 Å². The number of carbonyl (C=O) groups is 1. The van der Waals surface area contributed by atoms with Gasteiger partial charge in [0.1, 0.15) is 5.76 Å². The van der Waals surface area contributed by atoms with Crippen LogP contribution in [0.5, 0.6) is 0 Å². The minimum absolute atomic E-state index is 0.410. The van der Waals surface area contributed by atoms with Crippen molar-refractivity contribution in [3.05, 3.63) is 59.5 Å². The van der Waals surface area contributed by atoms with Gasteiger partial charge in [0.05, 0.1) is 6.54 Å². The van der Waals surface area contributed by atoms with E-state index in [1.54, 1.807) is 6.07 Å². The van der Waals surface area contributed by atoms with Crippen LogP contribution in [-0.4, -0.2) is 42.3 Å². The molecule has 3 rings (SSSR count). The number of hydrogen-bond acceptors (Lipinski definition) is 4. The standard InChI is InChI=1S/C17H20N2O2/c20-14-17-7-6-16(21-17)13-19-10-8-18(9-11-19)12-15-4-2-1-3-5-15/h1-7,14H,8-13H2. The summed E-state index contributed by atoms with van der Waals surface area (Å²) < 4.78 is 5.43. The van der Waals surface area contributed by atoms with Gasteiger partial charge < -0.3 is 4.42 Å². The molecule has 4 heteroatoms. The molecule has 4 nitrogen and oxygen atoms in total. The molecule has 1 aliphatic heterocycles. The van der Waals surface area contributed by atoms with Crippen LogP contribution in [0.4, 0.5) is 0 Å². The summed E-state index contributed by atoms with van der Waals surface area (Å²) in [6.45, 7) is 6.00. The Kier molecular flexibility index (Phi) is 4.48. The maximum atomic E-state index is 10.6. The van der Waals surface area contributed by atoms with Crippen molar-refractivity contribution in [1.82, 2.24) is 9.80 Å². The van der Waals surface area contributed by atoms with Crippen LogP contribution >= 0.6 is 0 Å². The smallest absolute Gasteiger partial charge is 0.185 e. The van der Waals surface area contributed by atoms with Crippen molar-refractivity contribution in [2.75, 3.05) is 26.2 Å².